The zero-order chi connectivity index (χ0) is 13.4. The Labute approximate surface area is 108 Å². The van der Waals surface area contributed by atoms with Gasteiger partial charge >= 0.3 is 5.97 Å². The number of ether oxygens (including phenoxy) is 1. The van der Waals surface area contributed by atoms with Crippen LogP contribution >= 0.6 is 11.6 Å². The summed E-state index contributed by atoms with van der Waals surface area (Å²) in [6.07, 6.45) is 2.70. The van der Waals surface area contributed by atoms with Gasteiger partial charge in [0.2, 0.25) is 0 Å². The van der Waals surface area contributed by atoms with Gasteiger partial charge in [-0.25, -0.2) is 0 Å². The Hall–Kier alpha value is -1.09. The fraction of sp³-hybridized carbons (Fsp3) is 0.538. The number of hydrogen-bond donors (Lipinski definition) is 0. The van der Waals surface area contributed by atoms with Crippen LogP contribution in [0.15, 0.2) is 28.4 Å². The van der Waals surface area contributed by atoms with Crippen molar-refractivity contribution in [2.24, 2.45) is 4.99 Å². The van der Waals surface area contributed by atoms with Crippen molar-refractivity contribution in [2.45, 2.75) is 46.6 Å². The second-order valence-corrected chi connectivity index (χ2v) is 3.91. The molecule has 1 aliphatic carbocycles. The molecule has 0 N–H and O–H groups in total. The van der Waals surface area contributed by atoms with Gasteiger partial charge in [0, 0.05) is 18.2 Å². The summed E-state index contributed by atoms with van der Waals surface area (Å²) < 4.78 is 5.15. The van der Waals surface area contributed by atoms with E-state index >= 15 is 0 Å². The lowest BCUT2D eigenvalue weighted by Crippen LogP contribution is -2.21. The Kier molecular flexibility index (Phi) is 7.55. The van der Waals surface area contributed by atoms with Gasteiger partial charge in [0.25, 0.3) is 0 Å². The van der Waals surface area contributed by atoms with Crippen LogP contribution < -0.4 is 0 Å². The molecule has 1 fully saturated rings. The third-order valence-electron chi connectivity index (χ3n) is 2.23. The molecule has 17 heavy (non-hydrogen) atoms. The Bertz CT molecular complexity index is 341. The molecule has 0 amide bonds. The average molecular weight is 258 g/mol. The number of nitrogens with zero attached hydrogens (tertiary/aromatic N) is 1. The number of hydrogen-bond acceptors (Lipinski definition) is 3. The van der Waals surface area contributed by atoms with Crippen molar-refractivity contribution in [3.05, 3.63) is 23.4 Å². The van der Waals surface area contributed by atoms with Crippen molar-refractivity contribution in [1.29, 1.82) is 0 Å². The second-order valence-electron chi connectivity index (χ2n) is 3.35. The van der Waals surface area contributed by atoms with Gasteiger partial charge in [0.15, 0.2) is 0 Å². The second kappa shape index (κ2) is 8.07. The number of esters is 1. The Morgan fingerprint density at radius 3 is 2.53 bits per heavy atom. The van der Waals surface area contributed by atoms with E-state index in [9.17, 15) is 4.79 Å². The van der Waals surface area contributed by atoms with E-state index in [0.717, 1.165) is 24.1 Å². The smallest absolute Gasteiger partial charge is 0.303 e. The topological polar surface area (TPSA) is 38.7 Å². The minimum absolute atomic E-state index is 0.274. The molecule has 1 rings (SSSR count). The van der Waals surface area contributed by atoms with Gasteiger partial charge in [-0.2, -0.15) is 0 Å². The van der Waals surface area contributed by atoms with Crippen molar-refractivity contribution < 1.29 is 9.53 Å². The standard InChI is InChI=1S/C11H14ClNO2.C2H6/c1-4-13-11-9(7(2)12)5-6-10(11)15-8(3)14;1-2/h4,10H,1,5-6H2,2-3H3;1-2H3/b9-7+,13-11?;. The SMILES string of the molecule is C=CN=C1/C(=C(\C)Cl)CCC1OC(C)=O.CC. The molecule has 1 atom stereocenters. The fourth-order valence-corrected chi connectivity index (χ4v) is 1.85. The number of aliphatic imine (C=N–C) groups is 1. The number of allylic oxidation sites excluding steroid dienone is 1. The van der Waals surface area contributed by atoms with Crippen molar-refractivity contribution in [3.8, 4) is 0 Å². The summed E-state index contributed by atoms with van der Waals surface area (Å²) in [5.41, 5.74) is 1.69. The van der Waals surface area contributed by atoms with Crippen LogP contribution in [0.4, 0.5) is 0 Å². The summed E-state index contributed by atoms with van der Waals surface area (Å²) in [5, 5.41) is 0.699. The summed E-state index contributed by atoms with van der Waals surface area (Å²) in [5.74, 6) is -0.301. The molecule has 0 aromatic rings. The Morgan fingerprint density at radius 1 is 1.53 bits per heavy atom. The van der Waals surface area contributed by atoms with Gasteiger partial charge in [0.1, 0.15) is 6.10 Å². The van der Waals surface area contributed by atoms with E-state index in [0.29, 0.717) is 5.03 Å². The summed E-state index contributed by atoms with van der Waals surface area (Å²) in [6.45, 7) is 10.7. The number of halogens is 1. The van der Waals surface area contributed by atoms with E-state index in [1.165, 1.54) is 13.1 Å². The van der Waals surface area contributed by atoms with Crippen molar-refractivity contribution >= 4 is 23.3 Å². The van der Waals surface area contributed by atoms with Crippen LogP contribution in [0.5, 0.6) is 0 Å². The van der Waals surface area contributed by atoms with E-state index in [1.54, 1.807) is 0 Å². The molecule has 0 aromatic heterocycles. The molecule has 0 saturated heterocycles. The van der Waals surface area contributed by atoms with Gasteiger partial charge in [0.05, 0.1) is 5.71 Å². The molecular formula is C13H20ClNO2. The summed E-state index contributed by atoms with van der Waals surface area (Å²) >= 11 is 5.94. The first-order valence-corrected chi connectivity index (χ1v) is 6.15. The van der Waals surface area contributed by atoms with Gasteiger partial charge < -0.3 is 4.74 Å². The number of carbonyl (C=O) groups is 1. The molecule has 0 bridgehead atoms. The number of carbonyl (C=O) groups excluding carboxylic acids is 1. The largest absolute Gasteiger partial charge is 0.456 e. The quantitative estimate of drug-likeness (QED) is 0.705. The Balaban J connectivity index is 0.00000121. The maximum absolute atomic E-state index is 10.9. The average Bonchev–Trinajstić information content (AvgIpc) is 2.64. The summed E-state index contributed by atoms with van der Waals surface area (Å²) in [4.78, 5) is 15.0. The van der Waals surface area contributed by atoms with Gasteiger partial charge in [-0.3, -0.25) is 9.79 Å². The highest BCUT2D eigenvalue weighted by Gasteiger charge is 2.30. The predicted octanol–water partition coefficient (Wildman–Crippen LogP) is 3.84. The summed E-state index contributed by atoms with van der Waals surface area (Å²) in [7, 11) is 0. The van der Waals surface area contributed by atoms with E-state index in [2.05, 4.69) is 11.6 Å². The molecular weight excluding hydrogens is 238 g/mol. The van der Waals surface area contributed by atoms with Crippen molar-refractivity contribution in [1.82, 2.24) is 0 Å². The lowest BCUT2D eigenvalue weighted by Gasteiger charge is -2.11. The first-order valence-electron chi connectivity index (χ1n) is 5.77. The number of rotatable bonds is 2. The highest BCUT2D eigenvalue weighted by molar-refractivity contribution is 6.32. The first kappa shape index (κ1) is 15.9. The minimum Gasteiger partial charge on any atom is -0.456 e. The maximum Gasteiger partial charge on any atom is 0.303 e. The molecule has 4 heteroatoms. The van der Waals surface area contributed by atoms with Gasteiger partial charge in [-0.15, -0.1) is 0 Å². The Morgan fingerprint density at radius 2 is 2.12 bits per heavy atom. The lowest BCUT2D eigenvalue weighted by atomic mass is 10.2. The molecule has 1 saturated carbocycles. The zero-order valence-electron chi connectivity index (χ0n) is 10.9. The minimum atomic E-state index is -0.301. The van der Waals surface area contributed by atoms with Gasteiger partial charge in [-0.05, 0) is 25.3 Å². The van der Waals surface area contributed by atoms with E-state index in [4.69, 9.17) is 16.3 Å². The van der Waals surface area contributed by atoms with Crippen LogP contribution in [0.2, 0.25) is 0 Å². The zero-order valence-corrected chi connectivity index (χ0v) is 11.7. The summed E-state index contributed by atoms with van der Waals surface area (Å²) in [6, 6.07) is 0. The van der Waals surface area contributed by atoms with Crippen LogP contribution in [0.25, 0.3) is 0 Å². The van der Waals surface area contributed by atoms with E-state index in [-0.39, 0.29) is 12.1 Å². The molecule has 0 aromatic carbocycles. The first-order chi connectivity index (χ1) is 8.06. The molecule has 1 unspecified atom stereocenters. The highest BCUT2D eigenvalue weighted by Crippen LogP contribution is 2.29. The highest BCUT2D eigenvalue weighted by atomic mass is 35.5. The van der Waals surface area contributed by atoms with Crippen LogP contribution in [0, 0.1) is 0 Å². The normalized spacial score (nSPS) is 23.8. The molecule has 3 nitrogen and oxygen atoms in total. The molecule has 0 radical (unpaired) electrons. The third kappa shape index (κ3) is 4.73. The lowest BCUT2D eigenvalue weighted by molar-refractivity contribution is -0.143. The van der Waals surface area contributed by atoms with Crippen LogP contribution in [0.3, 0.4) is 0 Å². The molecule has 1 aliphatic rings. The molecule has 0 aliphatic heterocycles. The predicted molar refractivity (Wildman–Crippen MR) is 72.3 cm³/mol. The van der Waals surface area contributed by atoms with Crippen molar-refractivity contribution in [2.75, 3.05) is 0 Å². The third-order valence-corrected chi connectivity index (χ3v) is 2.45. The maximum atomic E-state index is 10.9. The van der Waals surface area contributed by atoms with Crippen LogP contribution in [-0.2, 0) is 9.53 Å². The van der Waals surface area contributed by atoms with E-state index < -0.39 is 0 Å². The van der Waals surface area contributed by atoms with Crippen molar-refractivity contribution in [3.63, 3.8) is 0 Å². The monoisotopic (exact) mass is 257 g/mol. The van der Waals surface area contributed by atoms with Crippen LogP contribution in [0.1, 0.15) is 40.5 Å². The molecule has 0 heterocycles. The fourth-order valence-electron chi connectivity index (χ4n) is 1.66. The van der Waals surface area contributed by atoms with Gasteiger partial charge in [-0.1, -0.05) is 32.0 Å². The van der Waals surface area contributed by atoms with E-state index in [1.807, 2.05) is 20.8 Å². The molecule has 96 valence electrons. The van der Waals surface area contributed by atoms with Crippen LogP contribution in [-0.4, -0.2) is 17.8 Å². The molecule has 0 spiro atoms.